The number of hydrogen-bond donors (Lipinski definition) is 0. The lowest BCUT2D eigenvalue weighted by atomic mass is 9.67. The van der Waals surface area contributed by atoms with Crippen LogP contribution in [0, 0.1) is 23.2 Å². The van der Waals surface area contributed by atoms with Crippen LogP contribution in [0.2, 0.25) is 0 Å². The zero-order chi connectivity index (χ0) is 15.2. The van der Waals surface area contributed by atoms with E-state index in [9.17, 15) is 0 Å². The van der Waals surface area contributed by atoms with Crippen LogP contribution in [-0.4, -0.2) is 43.5 Å². The number of likely N-dealkylation sites (tertiary alicyclic amines) is 1. The van der Waals surface area contributed by atoms with Gasteiger partial charge in [0.05, 0.1) is 12.7 Å². The van der Waals surface area contributed by atoms with E-state index in [1.54, 1.807) is 0 Å². The third kappa shape index (κ3) is 2.85. The minimum absolute atomic E-state index is 0.0680. The second kappa shape index (κ2) is 6.07. The first-order valence-corrected chi connectivity index (χ1v) is 9.62. The summed E-state index contributed by atoms with van der Waals surface area (Å²) in [4.78, 5) is 2.57. The second-order valence-electron chi connectivity index (χ2n) is 8.82. The van der Waals surface area contributed by atoms with E-state index in [-0.39, 0.29) is 6.29 Å². The third-order valence-electron chi connectivity index (χ3n) is 7.22. The van der Waals surface area contributed by atoms with E-state index in [4.69, 9.17) is 9.47 Å². The average molecular weight is 307 g/mol. The Kier molecular flexibility index (Phi) is 4.25. The number of piperidine rings is 1. The topological polar surface area (TPSA) is 21.7 Å². The Morgan fingerprint density at radius 2 is 1.91 bits per heavy atom. The third-order valence-corrected chi connectivity index (χ3v) is 7.22. The van der Waals surface area contributed by atoms with E-state index in [2.05, 4.69) is 18.7 Å². The molecular weight excluding hydrogens is 274 g/mol. The lowest BCUT2D eigenvalue weighted by Crippen LogP contribution is -2.38. The summed E-state index contributed by atoms with van der Waals surface area (Å²) in [6, 6.07) is 0. The Morgan fingerprint density at radius 1 is 1.09 bits per heavy atom. The van der Waals surface area contributed by atoms with Gasteiger partial charge in [-0.2, -0.15) is 0 Å². The molecule has 2 saturated carbocycles. The van der Waals surface area contributed by atoms with Gasteiger partial charge in [0, 0.05) is 13.0 Å². The van der Waals surface area contributed by atoms with Crippen LogP contribution in [0.4, 0.5) is 0 Å². The van der Waals surface area contributed by atoms with E-state index < -0.39 is 0 Å². The van der Waals surface area contributed by atoms with Gasteiger partial charge in [-0.3, -0.25) is 0 Å². The summed E-state index contributed by atoms with van der Waals surface area (Å²) in [6.07, 6.45) is 9.99. The quantitative estimate of drug-likeness (QED) is 0.791. The molecule has 3 heteroatoms. The molecule has 0 spiro atoms. The van der Waals surface area contributed by atoms with Gasteiger partial charge in [0.15, 0.2) is 6.29 Å². The van der Waals surface area contributed by atoms with Gasteiger partial charge >= 0.3 is 0 Å². The minimum atomic E-state index is 0.0680. The fourth-order valence-corrected chi connectivity index (χ4v) is 5.83. The lowest BCUT2D eigenvalue weighted by Gasteiger charge is -2.39. The van der Waals surface area contributed by atoms with E-state index in [0.717, 1.165) is 37.3 Å². The van der Waals surface area contributed by atoms with Gasteiger partial charge in [-0.15, -0.1) is 0 Å². The Hall–Kier alpha value is -0.120. The van der Waals surface area contributed by atoms with Crippen molar-refractivity contribution in [2.75, 3.05) is 26.2 Å². The second-order valence-corrected chi connectivity index (χ2v) is 8.82. The SMILES string of the molecule is CC1(C)[C@H]2CC[C@@H](C2)[C@@H]1C[C@H]1OC[C@@H](CN2CCCCC2)O1. The predicted molar refractivity (Wildman–Crippen MR) is 87.6 cm³/mol. The van der Waals surface area contributed by atoms with E-state index in [0.29, 0.717) is 11.5 Å². The van der Waals surface area contributed by atoms with Gasteiger partial charge in [-0.25, -0.2) is 0 Å². The van der Waals surface area contributed by atoms with E-state index in [1.807, 2.05) is 0 Å². The zero-order valence-corrected chi connectivity index (χ0v) is 14.4. The maximum Gasteiger partial charge on any atom is 0.158 e. The smallest absolute Gasteiger partial charge is 0.158 e. The molecule has 126 valence electrons. The van der Waals surface area contributed by atoms with Crippen molar-refractivity contribution in [1.29, 1.82) is 0 Å². The van der Waals surface area contributed by atoms with Crippen molar-refractivity contribution < 1.29 is 9.47 Å². The van der Waals surface area contributed by atoms with E-state index in [1.165, 1.54) is 51.6 Å². The molecule has 5 atom stereocenters. The summed E-state index contributed by atoms with van der Waals surface area (Å²) < 4.78 is 12.3. The fraction of sp³-hybridized carbons (Fsp3) is 1.00. The first-order valence-electron chi connectivity index (χ1n) is 9.62. The zero-order valence-electron chi connectivity index (χ0n) is 14.4. The largest absolute Gasteiger partial charge is 0.350 e. The molecule has 0 amide bonds. The molecule has 0 N–H and O–H groups in total. The Morgan fingerprint density at radius 3 is 2.64 bits per heavy atom. The number of hydrogen-bond acceptors (Lipinski definition) is 3. The molecule has 22 heavy (non-hydrogen) atoms. The maximum atomic E-state index is 6.26. The van der Waals surface area contributed by atoms with Gasteiger partial charge in [-0.05, 0) is 68.4 Å². The first kappa shape index (κ1) is 15.4. The summed E-state index contributed by atoms with van der Waals surface area (Å²) in [5.41, 5.74) is 0.501. The highest BCUT2D eigenvalue weighted by atomic mass is 16.7. The predicted octanol–water partition coefficient (Wildman–Crippen LogP) is 3.68. The molecule has 2 heterocycles. The van der Waals surface area contributed by atoms with Crippen molar-refractivity contribution in [3.05, 3.63) is 0 Å². The Balaban J connectivity index is 1.28. The molecule has 2 aliphatic heterocycles. The molecule has 4 rings (SSSR count). The number of rotatable bonds is 4. The summed E-state index contributed by atoms with van der Waals surface area (Å²) in [6.45, 7) is 9.37. The van der Waals surface area contributed by atoms with Crippen molar-refractivity contribution in [1.82, 2.24) is 4.90 Å². The van der Waals surface area contributed by atoms with Crippen LogP contribution in [-0.2, 0) is 9.47 Å². The fourth-order valence-electron chi connectivity index (χ4n) is 5.83. The highest BCUT2D eigenvalue weighted by Gasteiger charge is 2.53. The molecule has 0 aromatic rings. The molecule has 4 fully saturated rings. The molecule has 0 aromatic carbocycles. The molecule has 0 aromatic heterocycles. The van der Waals surface area contributed by atoms with Crippen LogP contribution >= 0.6 is 0 Å². The molecule has 4 aliphatic rings. The van der Waals surface area contributed by atoms with Crippen molar-refractivity contribution in [2.45, 2.75) is 71.2 Å². The van der Waals surface area contributed by atoms with Crippen LogP contribution in [0.25, 0.3) is 0 Å². The van der Waals surface area contributed by atoms with Gasteiger partial charge in [0.25, 0.3) is 0 Å². The molecule has 3 nitrogen and oxygen atoms in total. The molecule has 0 unspecified atom stereocenters. The van der Waals surface area contributed by atoms with Gasteiger partial charge in [0.1, 0.15) is 0 Å². The number of fused-ring (bicyclic) bond motifs is 2. The van der Waals surface area contributed by atoms with Gasteiger partial charge < -0.3 is 14.4 Å². The summed E-state index contributed by atoms with van der Waals surface area (Å²) in [5.74, 6) is 2.70. The van der Waals surface area contributed by atoms with Crippen LogP contribution in [0.5, 0.6) is 0 Å². The van der Waals surface area contributed by atoms with Crippen molar-refractivity contribution in [3.8, 4) is 0 Å². The average Bonchev–Trinajstić information content (AvgIpc) is 3.19. The number of ether oxygens (including phenoxy) is 2. The van der Waals surface area contributed by atoms with Crippen LogP contribution in [0.1, 0.15) is 58.8 Å². The minimum Gasteiger partial charge on any atom is -0.350 e. The summed E-state index contributed by atoms with van der Waals surface area (Å²) in [7, 11) is 0. The Labute approximate surface area is 135 Å². The first-order chi connectivity index (χ1) is 10.6. The molecular formula is C19H33NO2. The molecule has 2 saturated heterocycles. The highest BCUT2D eigenvalue weighted by Crippen LogP contribution is 2.60. The van der Waals surface area contributed by atoms with Crippen molar-refractivity contribution in [2.24, 2.45) is 23.2 Å². The monoisotopic (exact) mass is 307 g/mol. The van der Waals surface area contributed by atoms with Gasteiger partial charge in [0.2, 0.25) is 0 Å². The molecule has 0 radical (unpaired) electrons. The number of nitrogens with zero attached hydrogens (tertiary/aromatic N) is 1. The summed E-state index contributed by atoms with van der Waals surface area (Å²) >= 11 is 0. The lowest BCUT2D eigenvalue weighted by molar-refractivity contribution is -0.0909. The Bertz CT molecular complexity index is 391. The normalized spacial score (nSPS) is 44.7. The summed E-state index contributed by atoms with van der Waals surface area (Å²) in [5, 5.41) is 0. The van der Waals surface area contributed by atoms with Crippen LogP contribution in [0.3, 0.4) is 0 Å². The van der Waals surface area contributed by atoms with Crippen LogP contribution in [0.15, 0.2) is 0 Å². The van der Waals surface area contributed by atoms with Crippen LogP contribution < -0.4 is 0 Å². The van der Waals surface area contributed by atoms with Gasteiger partial charge in [-0.1, -0.05) is 20.3 Å². The standard InChI is InChI=1S/C19H33NO2/c1-19(2)15-7-6-14(10-15)17(19)11-18-21-13-16(22-18)12-20-8-4-3-5-9-20/h14-18H,3-13H2,1-2H3/t14-,15-,16+,17-,18-/m0/s1. The van der Waals surface area contributed by atoms with E-state index >= 15 is 0 Å². The molecule has 2 aliphatic carbocycles. The molecule has 2 bridgehead atoms. The highest BCUT2D eigenvalue weighted by molar-refractivity contribution is 5.02. The van der Waals surface area contributed by atoms with Crippen molar-refractivity contribution in [3.63, 3.8) is 0 Å². The maximum absolute atomic E-state index is 6.26. The van der Waals surface area contributed by atoms with Crippen molar-refractivity contribution >= 4 is 0 Å².